The Balaban J connectivity index is 2.86. The highest BCUT2D eigenvalue weighted by Crippen LogP contribution is 2.30. The molecule has 0 heterocycles. The lowest BCUT2D eigenvalue weighted by atomic mass is 9.84. The highest BCUT2D eigenvalue weighted by atomic mass is 35.5. The lowest BCUT2D eigenvalue weighted by Crippen LogP contribution is -2.41. The van der Waals surface area contributed by atoms with Crippen molar-refractivity contribution in [1.29, 1.82) is 0 Å². The monoisotopic (exact) mass is 273 g/mol. The van der Waals surface area contributed by atoms with Crippen LogP contribution in [-0.4, -0.2) is 5.54 Å². The summed E-state index contributed by atoms with van der Waals surface area (Å²) in [5.41, 5.74) is 7.23. The van der Waals surface area contributed by atoms with E-state index in [-0.39, 0.29) is 5.54 Å². The fraction of sp³-hybridized carbons (Fsp3) is 0.571. The molecule has 0 saturated heterocycles. The Labute approximate surface area is 114 Å². The fourth-order valence-corrected chi connectivity index (χ4v) is 2.50. The molecule has 0 aromatic heterocycles. The van der Waals surface area contributed by atoms with Crippen LogP contribution in [0.4, 0.5) is 0 Å². The molecule has 0 bridgehead atoms. The van der Waals surface area contributed by atoms with Crippen LogP contribution in [0.2, 0.25) is 10.0 Å². The lowest BCUT2D eigenvalue weighted by molar-refractivity contribution is 0.365. The van der Waals surface area contributed by atoms with Gasteiger partial charge in [-0.3, -0.25) is 0 Å². The van der Waals surface area contributed by atoms with E-state index in [1.165, 1.54) is 0 Å². The van der Waals surface area contributed by atoms with Gasteiger partial charge in [-0.2, -0.15) is 0 Å². The van der Waals surface area contributed by atoms with Gasteiger partial charge >= 0.3 is 0 Å². The van der Waals surface area contributed by atoms with Crippen LogP contribution >= 0.6 is 23.2 Å². The number of unbranched alkanes of at least 4 members (excludes halogenated alkanes) is 1. The molecule has 0 aliphatic carbocycles. The summed E-state index contributed by atoms with van der Waals surface area (Å²) in [5.74, 6) is 0. The number of halogens is 2. The van der Waals surface area contributed by atoms with Crippen LogP contribution < -0.4 is 5.73 Å². The molecule has 2 N–H and O–H groups in total. The second-order valence-electron chi connectivity index (χ2n) is 4.70. The minimum absolute atomic E-state index is 0.190. The van der Waals surface area contributed by atoms with Gasteiger partial charge in [-0.15, -0.1) is 0 Å². The molecule has 0 saturated carbocycles. The second-order valence-corrected chi connectivity index (χ2v) is 5.51. The molecule has 1 aromatic rings. The quantitative estimate of drug-likeness (QED) is 0.789. The van der Waals surface area contributed by atoms with Crippen molar-refractivity contribution in [2.45, 2.75) is 51.5 Å². The molecule has 0 aliphatic heterocycles. The number of rotatable bonds is 6. The van der Waals surface area contributed by atoms with Crippen molar-refractivity contribution in [2.24, 2.45) is 5.73 Å². The minimum atomic E-state index is -0.190. The van der Waals surface area contributed by atoms with Gasteiger partial charge in [0.15, 0.2) is 0 Å². The van der Waals surface area contributed by atoms with Gasteiger partial charge in [0.25, 0.3) is 0 Å². The van der Waals surface area contributed by atoms with Crippen LogP contribution in [0.15, 0.2) is 18.2 Å². The Morgan fingerprint density at radius 1 is 1.18 bits per heavy atom. The first-order valence-corrected chi connectivity index (χ1v) is 7.00. The molecule has 0 amide bonds. The average molecular weight is 274 g/mol. The molecule has 1 rings (SSSR count). The van der Waals surface area contributed by atoms with Crippen LogP contribution in [0.5, 0.6) is 0 Å². The Kier molecular flexibility index (Phi) is 5.78. The summed E-state index contributed by atoms with van der Waals surface area (Å²) in [4.78, 5) is 0. The van der Waals surface area contributed by atoms with Crippen LogP contribution in [0.1, 0.15) is 45.1 Å². The maximum Gasteiger partial charge on any atom is 0.0453 e. The summed E-state index contributed by atoms with van der Waals surface area (Å²) < 4.78 is 0. The first-order chi connectivity index (χ1) is 8.02. The van der Waals surface area contributed by atoms with Crippen molar-refractivity contribution in [3.8, 4) is 0 Å². The van der Waals surface area contributed by atoms with E-state index in [9.17, 15) is 0 Å². The molecule has 17 heavy (non-hydrogen) atoms. The zero-order valence-electron chi connectivity index (χ0n) is 10.6. The predicted octanol–water partition coefficient (Wildman–Crippen LogP) is 4.83. The third-order valence-electron chi connectivity index (χ3n) is 3.32. The van der Waals surface area contributed by atoms with Crippen molar-refractivity contribution in [3.05, 3.63) is 33.8 Å². The molecule has 1 unspecified atom stereocenters. The van der Waals surface area contributed by atoms with E-state index in [1.807, 2.05) is 18.2 Å². The summed E-state index contributed by atoms with van der Waals surface area (Å²) in [6.45, 7) is 4.30. The number of benzene rings is 1. The van der Waals surface area contributed by atoms with Gasteiger partial charge in [-0.25, -0.2) is 0 Å². The van der Waals surface area contributed by atoms with Crippen molar-refractivity contribution in [2.75, 3.05) is 0 Å². The van der Waals surface area contributed by atoms with Crippen molar-refractivity contribution in [3.63, 3.8) is 0 Å². The smallest absolute Gasteiger partial charge is 0.0453 e. The van der Waals surface area contributed by atoms with Gasteiger partial charge in [-0.1, -0.05) is 56.0 Å². The van der Waals surface area contributed by atoms with E-state index >= 15 is 0 Å². The SMILES string of the molecule is CCCCC(N)(CC)Cc1c(Cl)cccc1Cl. The van der Waals surface area contributed by atoms with Gasteiger partial charge in [-0.05, 0) is 37.0 Å². The summed E-state index contributed by atoms with van der Waals surface area (Å²) in [6.07, 6.45) is 5.01. The Morgan fingerprint density at radius 2 is 1.76 bits per heavy atom. The van der Waals surface area contributed by atoms with E-state index in [0.717, 1.165) is 47.7 Å². The predicted molar refractivity (Wildman–Crippen MR) is 76.9 cm³/mol. The molecule has 96 valence electrons. The first kappa shape index (κ1) is 14.8. The fourth-order valence-electron chi connectivity index (χ4n) is 1.97. The molecule has 1 aromatic carbocycles. The third kappa shape index (κ3) is 4.17. The van der Waals surface area contributed by atoms with E-state index in [1.54, 1.807) is 0 Å². The lowest BCUT2D eigenvalue weighted by Gasteiger charge is -2.29. The largest absolute Gasteiger partial charge is 0.325 e. The maximum absolute atomic E-state index is 6.44. The van der Waals surface area contributed by atoms with E-state index in [0.29, 0.717) is 0 Å². The second kappa shape index (κ2) is 6.63. The highest BCUT2D eigenvalue weighted by molar-refractivity contribution is 6.36. The molecular weight excluding hydrogens is 253 g/mol. The molecule has 0 aliphatic rings. The zero-order chi connectivity index (χ0) is 12.9. The minimum Gasteiger partial charge on any atom is -0.325 e. The van der Waals surface area contributed by atoms with Crippen molar-refractivity contribution >= 4 is 23.2 Å². The normalized spacial score (nSPS) is 14.6. The number of nitrogens with two attached hydrogens (primary N) is 1. The summed E-state index contributed by atoms with van der Waals surface area (Å²) >= 11 is 12.4. The van der Waals surface area contributed by atoms with Gasteiger partial charge in [0.2, 0.25) is 0 Å². The average Bonchev–Trinajstić information content (AvgIpc) is 2.32. The molecule has 1 atom stereocenters. The maximum atomic E-state index is 6.44. The van der Waals surface area contributed by atoms with Crippen LogP contribution in [0, 0.1) is 0 Å². The van der Waals surface area contributed by atoms with Crippen LogP contribution in [-0.2, 0) is 6.42 Å². The summed E-state index contributed by atoms with van der Waals surface area (Å²) in [7, 11) is 0. The molecule has 0 spiro atoms. The van der Waals surface area contributed by atoms with Crippen molar-refractivity contribution in [1.82, 2.24) is 0 Å². The first-order valence-electron chi connectivity index (χ1n) is 6.24. The van der Waals surface area contributed by atoms with E-state index in [4.69, 9.17) is 28.9 Å². The van der Waals surface area contributed by atoms with Crippen molar-refractivity contribution < 1.29 is 0 Å². The number of hydrogen-bond donors (Lipinski definition) is 1. The third-order valence-corrected chi connectivity index (χ3v) is 4.03. The zero-order valence-corrected chi connectivity index (χ0v) is 12.1. The molecule has 0 fully saturated rings. The van der Waals surface area contributed by atoms with Crippen LogP contribution in [0.25, 0.3) is 0 Å². The Morgan fingerprint density at radius 3 is 2.24 bits per heavy atom. The van der Waals surface area contributed by atoms with E-state index < -0.39 is 0 Å². The molecule has 1 nitrogen and oxygen atoms in total. The molecule has 0 radical (unpaired) electrons. The Bertz CT molecular complexity index is 345. The van der Waals surface area contributed by atoms with E-state index in [2.05, 4.69) is 13.8 Å². The molecule has 3 heteroatoms. The summed E-state index contributed by atoms with van der Waals surface area (Å²) in [6, 6.07) is 5.61. The molecular formula is C14H21Cl2N. The standard InChI is InChI=1S/C14H21Cl2N/c1-3-5-9-14(17,4-2)10-11-12(15)7-6-8-13(11)16/h6-8H,3-5,9-10,17H2,1-2H3. The van der Waals surface area contributed by atoms with Crippen LogP contribution in [0.3, 0.4) is 0 Å². The number of hydrogen-bond acceptors (Lipinski definition) is 1. The van der Waals surface area contributed by atoms with Gasteiger partial charge < -0.3 is 5.73 Å². The Hall–Kier alpha value is -0.240. The van der Waals surface area contributed by atoms with Gasteiger partial charge in [0.1, 0.15) is 0 Å². The van der Waals surface area contributed by atoms with Gasteiger partial charge in [0, 0.05) is 15.6 Å². The highest BCUT2D eigenvalue weighted by Gasteiger charge is 2.24. The van der Waals surface area contributed by atoms with Gasteiger partial charge in [0.05, 0.1) is 0 Å². The topological polar surface area (TPSA) is 26.0 Å². The summed E-state index contributed by atoms with van der Waals surface area (Å²) in [5, 5.41) is 1.44.